The van der Waals surface area contributed by atoms with Crippen molar-refractivity contribution in [2.75, 3.05) is 51.3 Å². The van der Waals surface area contributed by atoms with E-state index < -0.39 is 0 Å². The predicted molar refractivity (Wildman–Crippen MR) is 130 cm³/mol. The van der Waals surface area contributed by atoms with Gasteiger partial charge in [0.1, 0.15) is 5.75 Å². The van der Waals surface area contributed by atoms with Gasteiger partial charge in [-0.3, -0.25) is 9.69 Å². The molecule has 1 saturated carbocycles. The molecule has 5 nitrogen and oxygen atoms in total. The number of rotatable bonds is 8. The molecular formula is C27H37N3O2. The van der Waals surface area contributed by atoms with Crippen molar-refractivity contribution in [2.45, 2.75) is 32.1 Å². The third-order valence-corrected chi connectivity index (χ3v) is 7.20. The highest BCUT2D eigenvalue weighted by Crippen LogP contribution is 2.31. The van der Waals surface area contributed by atoms with E-state index in [1.807, 2.05) is 36.4 Å². The van der Waals surface area contributed by atoms with Crippen LogP contribution in [0, 0.1) is 11.8 Å². The first-order valence-corrected chi connectivity index (χ1v) is 12.2. The van der Waals surface area contributed by atoms with Gasteiger partial charge in [0.05, 0.1) is 7.11 Å². The van der Waals surface area contributed by atoms with Crippen LogP contribution in [0.4, 0.5) is 5.69 Å². The number of anilines is 1. The van der Waals surface area contributed by atoms with Crippen LogP contribution in [0.2, 0.25) is 0 Å². The molecule has 2 aromatic rings. The van der Waals surface area contributed by atoms with Crippen LogP contribution >= 0.6 is 0 Å². The van der Waals surface area contributed by atoms with Crippen molar-refractivity contribution in [3.63, 3.8) is 0 Å². The Hall–Kier alpha value is -2.53. The summed E-state index contributed by atoms with van der Waals surface area (Å²) in [6.45, 7) is 6.47. The van der Waals surface area contributed by atoms with Crippen molar-refractivity contribution in [3.05, 3.63) is 60.2 Å². The van der Waals surface area contributed by atoms with Gasteiger partial charge in [0, 0.05) is 50.0 Å². The molecule has 0 atom stereocenters. The number of benzene rings is 2. The SMILES string of the molecule is COc1cccc(N2CCN(CCC3CCC(CNC(=O)c4ccccc4)CC3)CC2)c1. The molecule has 32 heavy (non-hydrogen) atoms. The Morgan fingerprint density at radius 2 is 1.66 bits per heavy atom. The first-order valence-electron chi connectivity index (χ1n) is 12.2. The molecule has 1 saturated heterocycles. The molecule has 0 aromatic heterocycles. The maximum absolute atomic E-state index is 12.2. The number of amides is 1. The number of carbonyl (C=O) groups is 1. The van der Waals surface area contributed by atoms with E-state index in [1.165, 1.54) is 44.3 Å². The predicted octanol–water partition coefficient (Wildman–Crippen LogP) is 4.44. The lowest BCUT2D eigenvalue weighted by Crippen LogP contribution is -2.47. The molecule has 0 radical (unpaired) electrons. The van der Waals surface area contributed by atoms with E-state index in [9.17, 15) is 4.79 Å². The van der Waals surface area contributed by atoms with Gasteiger partial charge >= 0.3 is 0 Å². The van der Waals surface area contributed by atoms with Crippen molar-refractivity contribution in [2.24, 2.45) is 11.8 Å². The molecule has 2 aromatic carbocycles. The van der Waals surface area contributed by atoms with Crippen LogP contribution in [0.15, 0.2) is 54.6 Å². The van der Waals surface area contributed by atoms with Gasteiger partial charge in [-0.25, -0.2) is 0 Å². The number of carbonyl (C=O) groups excluding carboxylic acids is 1. The highest BCUT2D eigenvalue weighted by Gasteiger charge is 2.23. The normalized spacial score (nSPS) is 21.8. The second-order valence-electron chi connectivity index (χ2n) is 9.28. The van der Waals surface area contributed by atoms with Gasteiger partial charge in [0.2, 0.25) is 0 Å². The Morgan fingerprint density at radius 1 is 0.938 bits per heavy atom. The standard InChI is InChI=1S/C27H37N3O2/c1-32-26-9-5-8-25(20-26)30-18-16-29(17-19-30)15-14-22-10-12-23(13-11-22)21-28-27(31)24-6-3-2-4-7-24/h2-9,20,22-23H,10-19,21H2,1H3,(H,28,31). The van der Waals surface area contributed by atoms with E-state index >= 15 is 0 Å². The van der Waals surface area contributed by atoms with E-state index in [-0.39, 0.29) is 5.91 Å². The average molecular weight is 436 g/mol. The van der Waals surface area contributed by atoms with Crippen LogP contribution in [0.3, 0.4) is 0 Å². The molecule has 172 valence electrons. The minimum absolute atomic E-state index is 0.0563. The summed E-state index contributed by atoms with van der Waals surface area (Å²) in [5, 5.41) is 3.13. The molecule has 1 aliphatic carbocycles. The van der Waals surface area contributed by atoms with E-state index in [4.69, 9.17) is 4.74 Å². The van der Waals surface area contributed by atoms with Gasteiger partial charge in [-0.05, 0) is 61.9 Å². The van der Waals surface area contributed by atoms with Crippen LogP contribution < -0.4 is 15.0 Å². The van der Waals surface area contributed by atoms with E-state index in [0.29, 0.717) is 5.92 Å². The molecule has 2 fully saturated rings. The molecule has 0 unspecified atom stereocenters. The molecule has 5 heteroatoms. The Labute approximate surface area is 192 Å². The molecule has 0 bridgehead atoms. The maximum Gasteiger partial charge on any atom is 0.251 e. The maximum atomic E-state index is 12.2. The lowest BCUT2D eigenvalue weighted by Gasteiger charge is -2.37. The summed E-state index contributed by atoms with van der Waals surface area (Å²) in [5.74, 6) is 2.46. The highest BCUT2D eigenvalue weighted by molar-refractivity contribution is 5.94. The molecule has 1 aliphatic heterocycles. The van der Waals surface area contributed by atoms with Gasteiger partial charge in [0.25, 0.3) is 5.91 Å². The topological polar surface area (TPSA) is 44.8 Å². The highest BCUT2D eigenvalue weighted by atomic mass is 16.5. The van der Waals surface area contributed by atoms with Gasteiger partial charge in [-0.2, -0.15) is 0 Å². The summed E-state index contributed by atoms with van der Waals surface area (Å²) in [5.41, 5.74) is 2.02. The Bertz CT molecular complexity index is 841. The lowest BCUT2D eigenvalue weighted by atomic mass is 9.80. The first-order chi connectivity index (χ1) is 15.7. The second kappa shape index (κ2) is 11.4. The number of nitrogens with one attached hydrogen (secondary N) is 1. The van der Waals surface area contributed by atoms with Gasteiger partial charge in [0.15, 0.2) is 0 Å². The van der Waals surface area contributed by atoms with Crippen LogP contribution in [0.5, 0.6) is 5.75 Å². The Morgan fingerprint density at radius 3 is 2.38 bits per heavy atom. The van der Waals surface area contributed by atoms with Gasteiger partial charge in [-0.15, -0.1) is 0 Å². The second-order valence-corrected chi connectivity index (χ2v) is 9.28. The number of nitrogens with zero attached hydrogens (tertiary/aromatic N) is 2. The lowest BCUT2D eigenvalue weighted by molar-refractivity contribution is 0.0940. The molecule has 1 amide bonds. The molecule has 4 rings (SSSR count). The zero-order valence-electron chi connectivity index (χ0n) is 19.3. The minimum atomic E-state index is 0.0563. The van der Waals surface area contributed by atoms with Crippen LogP contribution in [0.1, 0.15) is 42.5 Å². The summed E-state index contributed by atoms with van der Waals surface area (Å²) < 4.78 is 5.37. The van der Waals surface area contributed by atoms with Gasteiger partial charge < -0.3 is 15.0 Å². The summed E-state index contributed by atoms with van der Waals surface area (Å²) >= 11 is 0. The Balaban J connectivity index is 1.11. The summed E-state index contributed by atoms with van der Waals surface area (Å²) in [6, 6.07) is 17.9. The third kappa shape index (κ3) is 6.26. The monoisotopic (exact) mass is 435 g/mol. The molecule has 1 heterocycles. The number of piperazine rings is 1. The molecule has 2 aliphatic rings. The zero-order chi connectivity index (χ0) is 22.2. The smallest absolute Gasteiger partial charge is 0.251 e. The Kier molecular flexibility index (Phi) is 8.05. The van der Waals surface area contributed by atoms with E-state index in [0.717, 1.165) is 50.0 Å². The van der Waals surface area contributed by atoms with Crippen LogP contribution in [-0.4, -0.2) is 57.2 Å². The summed E-state index contributed by atoms with van der Waals surface area (Å²) in [6.07, 6.45) is 6.39. The summed E-state index contributed by atoms with van der Waals surface area (Å²) in [7, 11) is 1.73. The molecular weight excluding hydrogens is 398 g/mol. The van der Waals surface area contributed by atoms with Crippen molar-refractivity contribution in [1.82, 2.24) is 10.2 Å². The largest absolute Gasteiger partial charge is 0.497 e. The zero-order valence-corrected chi connectivity index (χ0v) is 19.3. The third-order valence-electron chi connectivity index (χ3n) is 7.20. The van der Waals surface area contributed by atoms with Crippen LogP contribution in [0.25, 0.3) is 0 Å². The fourth-order valence-electron chi connectivity index (χ4n) is 5.05. The van der Waals surface area contributed by atoms with Crippen LogP contribution in [-0.2, 0) is 0 Å². The quantitative estimate of drug-likeness (QED) is 0.666. The number of hydrogen-bond donors (Lipinski definition) is 1. The number of hydrogen-bond acceptors (Lipinski definition) is 4. The van der Waals surface area contributed by atoms with E-state index in [2.05, 4.69) is 33.3 Å². The average Bonchev–Trinajstić information content (AvgIpc) is 2.87. The minimum Gasteiger partial charge on any atom is -0.497 e. The molecule has 1 N–H and O–H groups in total. The fourth-order valence-corrected chi connectivity index (χ4v) is 5.05. The fraction of sp³-hybridized carbons (Fsp3) is 0.519. The number of ether oxygens (including phenoxy) is 1. The van der Waals surface area contributed by atoms with Crippen molar-refractivity contribution in [1.29, 1.82) is 0 Å². The number of methoxy groups -OCH3 is 1. The van der Waals surface area contributed by atoms with Crippen molar-refractivity contribution >= 4 is 11.6 Å². The van der Waals surface area contributed by atoms with Gasteiger partial charge in [-0.1, -0.05) is 37.1 Å². The van der Waals surface area contributed by atoms with E-state index in [1.54, 1.807) is 7.11 Å². The first kappa shape index (κ1) is 22.7. The summed E-state index contributed by atoms with van der Waals surface area (Å²) in [4.78, 5) is 17.3. The molecule has 0 spiro atoms. The van der Waals surface area contributed by atoms with Crippen molar-refractivity contribution < 1.29 is 9.53 Å². The van der Waals surface area contributed by atoms with Crippen molar-refractivity contribution in [3.8, 4) is 5.75 Å².